The van der Waals surface area contributed by atoms with Crippen molar-refractivity contribution in [2.24, 2.45) is 11.1 Å². The molecule has 0 aromatic heterocycles. The lowest BCUT2D eigenvalue weighted by atomic mass is 9.91. The zero-order valence-electron chi connectivity index (χ0n) is 13.6. The summed E-state index contributed by atoms with van der Waals surface area (Å²) in [5.74, 6) is -0.445. The van der Waals surface area contributed by atoms with Crippen molar-refractivity contribution >= 4 is 39.9 Å². The molecule has 0 fully saturated rings. The fourth-order valence-electron chi connectivity index (χ4n) is 3.15. The molecule has 1 amide bonds. The van der Waals surface area contributed by atoms with Gasteiger partial charge in [-0.2, -0.15) is 0 Å². The number of fused-ring (bicyclic) bond motifs is 3. The Bertz CT molecular complexity index is 1020. The highest BCUT2D eigenvalue weighted by molar-refractivity contribution is 6.30. The summed E-state index contributed by atoms with van der Waals surface area (Å²) in [4.78, 5) is 12.8. The minimum atomic E-state index is -0.728. The van der Waals surface area contributed by atoms with Gasteiger partial charge in [-0.25, -0.2) is 0 Å². The van der Waals surface area contributed by atoms with Crippen LogP contribution in [0.25, 0.3) is 10.8 Å². The van der Waals surface area contributed by atoms with Crippen LogP contribution in [-0.2, 0) is 11.2 Å². The van der Waals surface area contributed by atoms with Crippen LogP contribution < -0.4 is 10.1 Å². The Morgan fingerprint density at radius 3 is 2.65 bits per heavy atom. The molecule has 0 spiro atoms. The lowest BCUT2D eigenvalue weighted by Gasteiger charge is -2.26. The molecule has 0 aliphatic carbocycles. The van der Waals surface area contributed by atoms with E-state index >= 15 is 0 Å². The van der Waals surface area contributed by atoms with Crippen molar-refractivity contribution in [2.45, 2.75) is 6.42 Å². The molecular formula is C20H15ClN2O3. The second-order valence-corrected chi connectivity index (χ2v) is 6.49. The van der Waals surface area contributed by atoms with Crippen molar-refractivity contribution < 1.29 is 14.7 Å². The maximum Gasteiger partial charge on any atom is 0.243 e. The van der Waals surface area contributed by atoms with Crippen LogP contribution in [0.2, 0.25) is 5.02 Å². The van der Waals surface area contributed by atoms with E-state index in [9.17, 15) is 10.0 Å². The average molecular weight is 367 g/mol. The van der Waals surface area contributed by atoms with E-state index in [0.29, 0.717) is 22.9 Å². The number of amides is 1. The summed E-state index contributed by atoms with van der Waals surface area (Å²) in [6.07, 6.45) is 0.384. The smallest absolute Gasteiger partial charge is 0.243 e. The van der Waals surface area contributed by atoms with Gasteiger partial charge in [-0.1, -0.05) is 47.1 Å². The first kappa shape index (κ1) is 16.4. The third-order valence-electron chi connectivity index (χ3n) is 4.45. The summed E-state index contributed by atoms with van der Waals surface area (Å²) < 4.78 is 5.70. The van der Waals surface area contributed by atoms with Crippen LogP contribution in [0.5, 0.6) is 5.75 Å². The zero-order valence-corrected chi connectivity index (χ0v) is 14.4. The number of nitrogens with one attached hydrogen (secondary N) is 1. The number of ether oxygens (including phenoxy) is 1. The second-order valence-electron chi connectivity index (χ2n) is 6.06. The number of carbonyl (C=O) groups is 1. The summed E-state index contributed by atoms with van der Waals surface area (Å²) in [6, 6.07) is 18.5. The third-order valence-corrected chi connectivity index (χ3v) is 4.70. The molecule has 1 aliphatic heterocycles. The third kappa shape index (κ3) is 2.97. The Morgan fingerprint density at radius 1 is 1.12 bits per heavy atom. The quantitative estimate of drug-likeness (QED) is 0.519. The second kappa shape index (κ2) is 6.69. The number of hydrogen-bond acceptors (Lipinski definition) is 4. The van der Waals surface area contributed by atoms with Crippen LogP contribution in [0.4, 0.5) is 5.69 Å². The van der Waals surface area contributed by atoms with Gasteiger partial charge < -0.3 is 15.3 Å². The van der Waals surface area contributed by atoms with Crippen molar-refractivity contribution in [3.8, 4) is 5.75 Å². The summed E-state index contributed by atoms with van der Waals surface area (Å²) in [7, 11) is 0. The predicted octanol–water partition coefficient (Wildman–Crippen LogP) is 4.47. The van der Waals surface area contributed by atoms with E-state index in [0.717, 1.165) is 16.3 Å². The highest BCUT2D eigenvalue weighted by atomic mass is 35.5. The number of benzene rings is 3. The Kier molecular flexibility index (Phi) is 4.22. The molecule has 3 aromatic carbocycles. The Morgan fingerprint density at radius 2 is 1.88 bits per heavy atom. The summed E-state index contributed by atoms with van der Waals surface area (Å²) in [6.45, 7) is 0. The molecule has 2 N–H and O–H groups in total. The number of hydrogen-bond donors (Lipinski definition) is 2. The van der Waals surface area contributed by atoms with E-state index in [1.807, 2.05) is 36.4 Å². The maximum absolute atomic E-state index is 12.8. The topological polar surface area (TPSA) is 70.9 Å². The summed E-state index contributed by atoms with van der Waals surface area (Å²) in [5.41, 5.74) is 1.53. The van der Waals surface area contributed by atoms with Crippen LogP contribution in [0.15, 0.2) is 65.8 Å². The Balaban J connectivity index is 1.67. The highest BCUT2D eigenvalue weighted by Crippen LogP contribution is 2.35. The first-order valence-corrected chi connectivity index (χ1v) is 8.50. The zero-order chi connectivity index (χ0) is 18.1. The van der Waals surface area contributed by atoms with Gasteiger partial charge in [0.1, 0.15) is 11.7 Å². The molecular weight excluding hydrogens is 352 g/mol. The molecule has 1 heterocycles. The van der Waals surface area contributed by atoms with E-state index in [4.69, 9.17) is 16.3 Å². The van der Waals surface area contributed by atoms with Gasteiger partial charge in [0.05, 0.1) is 0 Å². The minimum absolute atomic E-state index is 0.0146. The Labute approximate surface area is 154 Å². The first-order valence-electron chi connectivity index (χ1n) is 8.12. The van der Waals surface area contributed by atoms with Crippen LogP contribution in [0, 0.1) is 5.92 Å². The van der Waals surface area contributed by atoms with Crippen LogP contribution in [0.1, 0.15) is 5.56 Å². The fourth-order valence-corrected chi connectivity index (χ4v) is 3.28. The molecule has 3 aromatic rings. The van der Waals surface area contributed by atoms with Crippen molar-refractivity contribution in [3.63, 3.8) is 0 Å². The Hall–Kier alpha value is -3.05. The molecule has 5 nitrogen and oxygen atoms in total. The maximum atomic E-state index is 12.8. The molecule has 0 saturated carbocycles. The lowest BCUT2D eigenvalue weighted by Crippen LogP contribution is -2.37. The highest BCUT2D eigenvalue weighted by Gasteiger charge is 2.34. The number of carbonyl (C=O) groups excluding carboxylic acids is 1. The number of oxime groups is 1. The fraction of sp³-hybridized carbons (Fsp3) is 0.100. The molecule has 0 bridgehead atoms. The van der Waals surface area contributed by atoms with E-state index in [1.165, 1.54) is 0 Å². The van der Waals surface area contributed by atoms with Crippen LogP contribution in [-0.4, -0.2) is 17.0 Å². The van der Waals surface area contributed by atoms with Gasteiger partial charge in [0.25, 0.3) is 0 Å². The molecule has 1 unspecified atom stereocenters. The molecule has 4 rings (SSSR count). The molecule has 6 heteroatoms. The van der Waals surface area contributed by atoms with Gasteiger partial charge >= 0.3 is 0 Å². The van der Waals surface area contributed by atoms with Crippen molar-refractivity contribution in [2.75, 3.05) is 5.32 Å². The lowest BCUT2D eigenvalue weighted by molar-refractivity contribution is -0.118. The van der Waals surface area contributed by atoms with Crippen molar-refractivity contribution in [1.29, 1.82) is 0 Å². The van der Waals surface area contributed by atoms with Crippen LogP contribution >= 0.6 is 11.6 Å². The molecule has 1 aliphatic rings. The largest absolute Gasteiger partial charge is 0.439 e. The van der Waals surface area contributed by atoms with Gasteiger partial charge in [0.2, 0.25) is 11.8 Å². The first-order chi connectivity index (χ1) is 12.7. The van der Waals surface area contributed by atoms with Gasteiger partial charge in [-0.3, -0.25) is 4.79 Å². The minimum Gasteiger partial charge on any atom is -0.439 e. The van der Waals surface area contributed by atoms with Gasteiger partial charge in [0.15, 0.2) is 0 Å². The molecule has 0 radical (unpaired) electrons. The predicted molar refractivity (Wildman–Crippen MR) is 101 cm³/mol. The van der Waals surface area contributed by atoms with E-state index in [1.54, 1.807) is 24.3 Å². The number of nitrogens with zero attached hydrogens (tertiary/aromatic N) is 1. The molecule has 1 atom stereocenters. The molecule has 26 heavy (non-hydrogen) atoms. The number of halogens is 1. The summed E-state index contributed by atoms with van der Waals surface area (Å²) in [5, 5.41) is 18.0. The SMILES string of the molecule is O=C(Nc1ccc(Cl)cc1)C1Cc2c(ccc3ccccc23)OC1=NO. The summed E-state index contributed by atoms with van der Waals surface area (Å²) >= 11 is 5.87. The van der Waals surface area contributed by atoms with Gasteiger partial charge in [-0.05, 0) is 47.5 Å². The van der Waals surface area contributed by atoms with E-state index < -0.39 is 5.92 Å². The number of anilines is 1. The van der Waals surface area contributed by atoms with Crippen molar-refractivity contribution in [3.05, 3.63) is 71.2 Å². The van der Waals surface area contributed by atoms with Crippen molar-refractivity contribution in [1.82, 2.24) is 0 Å². The van der Waals surface area contributed by atoms with E-state index in [-0.39, 0.29) is 11.8 Å². The molecule has 0 saturated heterocycles. The average Bonchev–Trinajstić information content (AvgIpc) is 2.68. The standard InChI is InChI=1S/C20H15ClN2O3/c21-13-6-8-14(9-7-13)22-19(24)17-11-16-15-4-2-1-3-12(15)5-10-18(16)26-20(17)23-25/h1-10,17,25H,11H2,(H,22,24). The molecule has 130 valence electrons. The monoisotopic (exact) mass is 366 g/mol. The normalized spacial score (nSPS) is 17.6. The number of rotatable bonds is 2. The van der Waals surface area contributed by atoms with Gasteiger partial charge in [-0.15, -0.1) is 0 Å². The van der Waals surface area contributed by atoms with Gasteiger partial charge in [0, 0.05) is 16.3 Å². The van der Waals surface area contributed by atoms with Crippen LogP contribution in [0.3, 0.4) is 0 Å². The van der Waals surface area contributed by atoms with E-state index in [2.05, 4.69) is 10.5 Å².